The number of carbonyl (C=O) groups excluding carboxylic acids is 2. The summed E-state index contributed by atoms with van der Waals surface area (Å²) in [5.41, 5.74) is 2.63. The number of amides is 2. The van der Waals surface area contributed by atoms with Crippen LogP contribution in [0.3, 0.4) is 0 Å². The van der Waals surface area contributed by atoms with Gasteiger partial charge in [0.1, 0.15) is 29.8 Å². The zero-order valence-electron chi connectivity index (χ0n) is 25.8. The number of carbonyl (C=O) groups is 3. The molecular formula is C34H45N3O6. The second kappa shape index (κ2) is 14.9. The highest BCUT2D eigenvalue weighted by Gasteiger charge is 2.31. The monoisotopic (exact) mass is 591 g/mol. The van der Waals surface area contributed by atoms with Crippen molar-refractivity contribution in [1.82, 2.24) is 15.2 Å². The third-order valence-corrected chi connectivity index (χ3v) is 8.45. The van der Waals surface area contributed by atoms with Gasteiger partial charge < -0.3 is 29.8 Å². The normalized spacial score (nSPS) is 15.1. The van der Waals surface area contributed by atoms with Crippen molar-refractivity contribution in [2.45, 2.75) is 90.3 Å². The fourth-order valence-corrected chi connectivity index (χ4v) is 6.31. The van der Waals surface area contributed by atoms with Gasteiger partial charge in [-0.3, -0.25) is 14.4 Å². The predicted molar refractivity (Wildman–Crippen MR) is 167 cm³/mol. The van der Waals surface area contributed by atoms with Gasteiger partial charge in [0.15, 0.2) is 0 Å². The van der Waals surface area contributed by atoms with Crippen molar-refractivity contribution in [1.29, 1.82) is 0 Å². The summed E-state index contributed by atoms with van der Waals surface area (Å²) in [5.74, 6) is -0.192. The summed E-state index contributed by atoms with van der Waals surface area (Å²) < 4.78 is 13.0. The van der Waals surface area contributed by atoms with Gasteiger partial charge in [0.05, 0.1) is 25.8 Å². The fourth-order valence-electron chi connectivity index (χ4n) is 6.31. The van der Waals surface area contributed by atoms with Crippen LogP contribution in [0.5, 0.6) is 11.5 Å². The van der Waals surface area contributed by atoms with Crippen LogP contribution in [0, 0.1) is 12.8 Å². The van der Waals surface area contributed by atoms with Crippen LogP contribution in [0.1, 0.15) is 92.4 Å². The highest BCUT2D eigenvalue weighted by Crippen LogP contribution is 2.38. The van der Waals surface area contributed by atoms with Gasteiger partial charge in [0, 0.05) is 10.9 Å². The molecule has 2 atom stereocenters. The molecule has 2 aromatic carbocycles. The van der Waals surface area contributed by atoms with Gasteiger partial charge in [0.2, 0.25) is 5.91 Å². The van der Waals surface area contributed by atoms with Crippen LogP contribution in [-0.4, -0.2) is 47.7 Å². The summed E-state index contributed by atoms with van der Waals surface area (Å²) in [4.78, 5) is 39.6. The van der Waals surface area contributed by atoms with E-state index >= 15 is 0 Å². The number of para-hydroxylation sites is 1. The predicted octanol–water partition coefficient (Wildman–Crippen LogP) is 6.17. The highest BCUT2D eigenvalue weighted by atomic mass is 16.5. The van der Waals surface area contributed by atoms with Gasteiger partial charge in [0.25, 0.3) is 5.91 Å². The van der Waals surface area contributed by atoms with Crippen molar-refractivity contribution >= 4 is 28.7 Å². The van der Waals surface area contributed by atoms with Gasteiger partial charge in [-0.25, -0.2) is 0 Å². The quantitative estimate of drug-likeness (QED) is 0.206. The number of hydrogen-bond donors (Lipinski definition) is 3. The Hall–Kier alpha value is -4.01. The average Bonchev–Trinajstić information content (AvgIpc) is 3.36. The summed E-state index contributed by atoms with van der Waals surface area (Å²) in [6, 6.07) is 11.7. The number of unbranched alkanes of at least 4 members (excludes halogenated alkanes) is 1. The molecule has 1 aliphatic carbocycles. The van der Waals surface area contributed by atoms with Crippen molar-refractivity contribution in [2.24, 2.45) is 5.92 Å². The SMILES string of the molecule is CCCCC(NC(=O)[C@@H](CC1CCCCC1)NC(=O)c1cc2ccccc2n1CC(=O)O)c1c(OC)cc(C)cc1OC. The number of methoxy groups -OCH3 is 2. The number of aliphatic carboxylic acids is 1. The molecule has 43 heavy (non-hydrogen) atoms. The molecule has 1 fully saturated rings. The number of nitrogens with zero attached hydrogens (tertiary/aromatic N) is 1. The first-order chi connectivity index (χ1) is 20.7. The van der Waals surface area contributed by atoms with Crippen LogP contribution >= 0.6 is 0 Å². The number of aromatic nitrogens is 1. The minimum absolute atomic E-state index is 0.217. The molecule has 9 heteroatoms. The Morgan fingerprint density at radius 3 is 2.30 bits per heavy atom. The molecule has 4 rings (SSSR count). The lowest BCUT2D eigenvalue weighted by molar-refractivity contribution is -0.137. The molecule has 232 valence electrons. The van der Waals surface area contributed by atoms with Gasteiger partial charge in [-0.2, -0.15) is 0 Å². The fraction of sp³-hybridized carbons (Fsp3) is 0.500. The molecule has 1 unspecified atom stereocenters. The van der Waals surface area contributed by atoms with E-state index in [0.29, 0.717) is 35.8 Å². The van der Waals surface area contributed by atoms with Crippen LogP contribution < -0.4 is 20.1 Å². The lowest BCUT2D eigenvalue weighted by Crippen LogP contribution is -2.49. The summed E-state index contributed by atoms with van der Waals surface area (Å²) in [5, 5.41) is 16.6. The van der Waals surface area contributed by atoms with Crippen LogP contribution in [0.15, 0.2) is 42.5 Å². The van der Waals surface area contributed by atoms with Crippen molar-refractivity contribution in [3.63, 3.8) is 0 Å². The topological polar surface area (TPSA) is 119 Å². The molecule has 9 nitrogen and oxygen atoms in total. The number of carboxylic acid groups (broad SMARTS) is 1. The Morgan fingerprint density at radius 1 is 1.00 bits per heavy atom. The maximum absolute atomic E-state index is 14.1. The Labute approximate surface area is 253 Å². The Morgan fingerprint density at radius 2 is 1.67 bits per heavy atom. The second-order valence-corrected chi connectivity index (χ2v) is 11.6. The van der Waals surface area contributed by atoms with E-state index in [9.17, 15) is 19.5 Å². The van der Waals surface area contributed by atoms with E-state index in [-0.39, 0.29) is 24.2 Å². The van der Waals surface area contributed by atoms with Crippen molar-refractivity contribution in [3.05, 3.63) is 59.3 Å². The van der Waals surface area contributed by atoms with Crippen LogP contribution in [-0.2, 0) is 16.1 Å². The second-order valence-electron chi connectivity index (χ2n) is 11.6. The molecule has 1 heterocycles. The van der Waals surface area contributed by atoms with Crippen LogP contribution in [0.25, 0.3) is 10.9 Å². The minimum atomic E-state index is -1.05. The van der Waals surface area contributed by atoms with Gasteiger partial charge >= 0.3 is 5.97 Å². The lowest BCUT2D eigenvalue weighted by Gasteiger charge is -2.29. The smallest absolute Gasteiger partial charge is 0.323 e. The van der Waals surface area contributed by atoms with Crippen LogP contribution in [0.2, 0.25) is 0 Å². The number of ether oxygens (including phenoxy) is 2. The summed E-state index contributed by atoms with van der Waals surface area (Å²) in [7, 11) is 3.22. The number of carboxylic acids is 1. The maximum atomic E-state index is 14.1. The largest absolute Gasteiger partial charge is 0.496 e. The molecule has 1 aliphatic rings. The molecule has 0 saturated heterocycles. The first-order valence-corrected chi connectivity index (χ1v) is 15.4. The average molecular weight is 592 g/mol. The number of fused-ring (bicyclic) bond motifs is 1. The molecule has 0 aliphatic heterocycles. The van der Waals surface area contributed by atoms with E-state index in [2.05, 4.69) is 17.6 Å². The zero-order chi connectivity index (χ0) is 30.9. The van der Waals surface area contributed by atoms with E-state index in [0.717, 1.165) is 55.0 Å². The Bertz CT molecular complexity index is 1400. The molecule has 3 N–H and O–H groups in total. The van der Waals surface area contributed by atoms with Crippen molar-refractivity contribution in [2.75, 3.05) is 14.2 Å². The minimum Gasteiger partial charge on any atom is -0.496 e. The number of hydrogen-bond acceptors (Lipinski definition) is 5. The third kappa shape index (κ3) is 7.89. The van der Waals surface area contributed by atoms with Gasteiger partial charge in [-0.15, -0.1) is 0 Å². The standard InChI is InChI=1S/C34H45N3O6/c1-5-6-15-25(32-29(42-3)17-22(2)18-30(32)43-4)35-33(40)26(19-23-12-8-7-9-13-23)36-34(41)28-20-24-14-10-11-16-27(24)37(28)21-31(38)39/h10-11,14,16-18,20,23,25-26H,5-9,12-13,15,19,21H2,1-4H3,(H,35,40)(H,36,41)(H,38,39)/t25?,26-/m1/s1. The summed E-state index contributed by atoms with van der Waals surface area (Å²) >= 11 is 0. The molecule has 0 spiro atoms. The molecule has 0 bridgehead atoms. The first-order valence-electron chi connectivity index (χ1n) is 15.4. The number of nitrogens with one attached hydrogen (secondary N) is 2. The lowest BCUT2D eigenvalue weighted by atomic mass is 9.84. The van der Waals surface area contributed by atoms with E-state index in [1.807, 2.05) is 37.3 Å². The van der Waals surface area contributed by atoms with Crippen molar-refractivity contribution < 1.29 is 29.0 Å². The van der Waals surface area contributed by atoms with Gasteiger partial charge in [-0.1, -0.05) is 70.1 Å². The molecule has 3 aromatic rings. The maximum Gasteiger partial charge on any atom is 0.323 e. The van der Waals surface area contributed by atoms with E-state index in [4.69, 9.17) is 9.47 Å². The summed E-state index contributed by atoms with van der Waals surface area (Å²) in [6.07, 6.45) is 8.43. The molecule has 1 saturated carbocycles. The number of rotatable bonds is 14. The molecule has 2 amide bonds. The molecule has 0 radical (unpaired) electrons. The Balaban J connectivity index is 1.66. The van der Waals surface area contributed by atoms with Crippen LogP contribution in [0.4, 0.5) is 0 Å². The van der Waals surface area contributed by atoms with Gasteiger partial charge in [-0.05, 0) is 55.5 Å². The van der Waals surface area contributed by atoms with Crippen molar-refractivity contribution in [3.8, 4) is 11.5 Å². The Kier molecular flexibility index (Phi) is 11.1. The molecule has 1 aromatic heterocycles. The third-order valence-electron chi connectivity index (χ3n) is 8.45. The highest BCUT2D eigenvalue weighted by molar-refractivity contribution is 6.01. The van der Waals surface area contributed by atoms with E-state index in [1.165, 1.54) is 11.0 Å². The van der Waals surface area contributed by atoms with E-state index in [1.54, 1.807) is 26.4 Å². The first kappa shape index (κ1) is 31.9. The molecular weight excluding hydrogens is 546 g/mol. The number of aryl methyl sites for hydroxylation is 1. The summed E-state index contributed by atoms with van der Waals surface area (Å²) in [6.45, 7) is 3.71. The zero-order valence-corrected chi connectivity index (χ0v) is 25.8. The number of benzene rings is 2. The van der Waals surface area contributed by atoms with E-state index < -0.39 is 17.9 Å².